The third kappa shape index (κ3) is 9.15. The SMILES string of the molecule is CCNC(=NCc1ccc(C(=O)N(C)C)cc1)NCCN(CC)C(=O)OC(C)(C)C. The highest BCUT2D eigenvalue weighted by atomic mass is 16.6. The molecule has 168 valence electrons. The smallest absolute Gasteiger partial charge is 0.410 e. The van der Waals surface area contributed by atoms with Gasteiger partial charge in [-0.15, -0.1) is 0 Å². The molecular weight excluding hydrogens is 382 g/mol. The summed E-state index contributed by atoms with van der Waals surface area (Å²) in [6.07, 6.45) is -0.318. The summed E-state index contributed by atoms with van der Waals surface area (Å²) in [5.74, 6) is 0.650. The fourth-order valence-corrected chi connectivity index (χ4v) is 2.54. The highest BCUT2D eigenvalue weighted by molar-refractivity contribution is 5.93. The van der Waals surface area contributed by atoms with E-state index in [-0.39, 0.29) is 12.0 Å². The zero-order valence-corrected chi connectivity index (χ0v) is 19.4. The molecule has 1 aromatic carbocycles. The normalized spacial score (nSPS) is 11.6. The van der Waals surface area contributed by atoms with E-state index in [2.05, 4.69) is 15.6 Å². The number of aliphatic imine (C=N–C) groups is 1. The van der Waals surface area contributed by atoms with E-state index >= 15 is 0 Å². The van der Waals surface area contributed by atoms with Gasteiger partial charge in [0.15, 0.2) is 5.96 Å². The Morgan fingerprint density at radius 1 is 1.07 bits per heavy atom. The zero-order valence-electron chi connectivity index (χ0n) is 19.4. The lowest BCUT2D eigenvalue weighted by Crippen LogP contribution is -2.44. The molecule has 0 atom stereocenters. The Kier molecular flexibility index (Phi) is 10.1. The van der Waals surface area contributed by atoms with Crippen molar-refractivity contribution in [3.8, 4) is 0 Å². The quantitative estimate of drug-likeness (QED) is 0.500. The van der Waals surface area contributed by atoms with Gasteiger partial charge in [0, 0.05) is 45.8 Å². The van der Waals surface area contributed by atoms with E-state index in [4.69, 9.17) is 4.74 Å². The molecule has 1 rings (SSSR count). The molecule has 8 nitrogen and oxygen atoms in total. The molecule has 0 aliphatic carbocycles. The van der Waals surface area contributed by atoms with Crippen molar-refractivity contribution in [2.24, 2.45) is 4.99 Å². The van der Waals surface area contributed by atoms with Crippen LogP contribution in [0.15, 0.2) is 29.3 Å². The Bertz CT molecular complexity index is 708. The molecule has 30 heavy (non-hydrogen) atoms. The topological polar surface area (TPSA) is 86.3 Å². The third-order valence-corrected chi connectivity index (χ3v) is 4.08. The van der Waals surface area contributed by atoms with Gasteiger partial charge in [-0.1, -0.05) is 12.1 Å². The molecule has 0 fully saturated rings. The van der Waals surface area contributed by atoms with Crippen molar-refractivity contribution in [1.29, 1.82) is 0 Å². The van der Waals surface area contributed by atoms with Gasteiger partial charge in [-0.05, 0) is 52.3 Å². The van der Waals surface area contributed by atoms with Gasteiger partial charge in [-0.3, -0.25) is 4.79 Å². The van der Waals surface area contributed by atoms with E-state index in [0.29, 0.717) is 37.7 Å². The standard InChI is InChI=1S/C22H37N5O3/c1-8-23-20(24-14-15-27(9-2)21(29)30-22(3,4)5)25-16-17-10-12-18(13-11-17)19(28)26(6)7/h10-13H,8-9,14-16H2,1-7H3,(H2,23,24,25). The first kappa shape index (κ1) is 25.3. The maximum atomic E-state index is 12.2. The second-order valence-corrected chi connectivity index (χ2v) is 8.08. The van der Waals surface area contributed by atoms with Crippen molar-refractivity contribution in [1.82, 2.24) is 20.4 Å². The Labute approximate surface area is 180 Å². The van der Waals surface area contributed by atoms with E-state index in [1.165, 1.54) is 0 Å². The Balaban J connectivity index is 2.63. The van der Waals surface area contributed by atoms with Crippen LogP contribution in [0.5, 0.6) is 0 Å². The van der Waals surface area contributed by atoms with Crippen LogP contribution >= 0.6 is 0 Å². The van der Waals surface area contributed by atoms with Crippen LogP contribution in [-0.2, 0) is 11.3 Å². The lowest BCUT2D eigenvalue weighted by atomic mass is 10.1. The monoisotopic (exact) mass is 419 g/mol. The average molecular weight is 420 g/mol. The molecule has 0 unspecified atom stereocenters. The van der Waals surface area contributed by atoms with Crippen LogP contribution in [0, 0.1) is 0 Å². The summed E-state index contributed by atoms with van der Waals surface area (Å²) in [7, 11) is 3.47. The van der Waals surface area contributed by atoms with Crippen molar-refractivity contribution >= 4 is 18.0 Å². The maximum Gasteiger partial charge on any atom is 0.410 e. The van der Waals surface area contributed by atoms with Gasteiger partial charge in [0.05, 0.1) is 6.54 Å². The van der Waals surface area contributed by atoms with E-state index in [1.807, 2.05) is 58.9 Å². The molecule has 0 bridgehead atoms. The number of carbonyl (C=O) groups is 2. The third-order valence-electron chi connectivity index (χ3n) is 4.08. The minimum absolute atomic E-state index is 0.0227. The van der Waals surface area contributed by atoms with Crippen LogP contribution in [0.25, 0.3) is 0 Å². The number of nitrogens with zero attached hydrogens (tertiary/aromatic N) is 3. The lowest BCUT2D eigenvalue weighted by molar-refractivity contribution is 0.0263. The molecule has 2 amide bonds. The summed E-state index contributed by atoms with van der Waals surface area (Å²) in [6, 6.07) is 7.44. The van der Waals surface area contributed by atoms with E-state index in [9.17, 15) is 9.59 Å². The Hall–Kier alpha value is -2.77. The highest BCUT2D eigenvalue weighted by Gasteiger charge is 2.20. The van der Waals surface area contributed by atoms with Gasteiger partial charge in [0.1, 0.15) is 5.60 Å². The number of hydrogen-bond donors (Lipinski definition) is 2. The Morgan fingerprint density at radius 2 is 1.70 bits per heavy atom. The van der Waals surface area contributed by atoms with Gasteiger partial charge >= 0.3 is 6.09 Å². The summed E-state index contributed by atoms with van der Waals surface area (Å²) < 4.78 is 5.43. The predicted molar refractivity (Wildman–Crippen MR) is 121 cm³/mol. The molecule has 0 saturated heterocycles. The summed E-state index contributed by atoms with van der Waals surface area (Å²) in [6.45, 7) is 12.3. The summed E-state index contributed by atoms with van der Waals surface area (Å²) >= 11 is 0. The van der Waals surface area contributed by atoms with Crippen LogP contribution in [0.2, 0.25) is 0 Å². The van der Waals surface area contributed by atoms with Crippen molar-refractivity contribution in [3.63, 3.8) is 0 Å². The van der Waals surface area contributed by atoms with Gasteiger partial charge in [0.2, 0.25) is 0 Å². The predicted octanol–water partition coefficient (Wildman–Crippen LogP) is 2.70. The molecule has 0 saturated carbocycles. The molecule has 0 radical (unpaired) electrons. The summed E-state index contributed by atoms with van der Waals surface area (Å²) in [4.78, 5) is 32.0. The summed E-state index contributed by atoms with van der Waals surface area (Å²) in [5.41, 5.74) is 1.15. The Morgan fingerprint density at radius 3 is 2.20 bits per heavy atom. The number of nitrogens with one attached hydrogen (secondary N) is 2. The first-order valence-electron chi connectivity index (χ1n) is 10.4. The molecule has 0 aromatic heterocycles. The van der Waals surface area contributed by atoms with E-state index < -0.39 is 5.60 Å². The molecular formula is C22H37N5O3. The molecule has 0 aliphatic rings. The van der Waals surface area contributed by atoms with Crippen LogP contribution in [0.4, 0.5) is 4.79 Å². The van der Waals surface area contributed by atoms with E-state index in [1.54, 1.807) is 23.9 Å². The molecule has 0 spiro atoms. The number of carbonyl (C=O) groups excluding carboxylic acids is 2. The molecule has 0 aliphatic heterocycles. The van der Waals surface area contributed by atoms with Crippen LogP contribution in [0.3, 0.4) is 0 Å². The van der Waals surface area contributed by atoms with Gasteiger partial charge in [0.25, 0.3) is 5.91 Å². The van der Waals surface area contributed by atoms with Crippen LogP contribution < -0.4 is 10.6 Å². The van der Waals surface area contributed by atoms with Crippen molar-refractivity contribution < 1.29 is 14.3 Å². The van der Waals surface area contributed by atoms with Crippen molar-refractivity contribution in [3.05, 3.63) is 35.4 Å². The fraction of sp³-hybridized carbons (Fsp3) is 0.591. The van der Waals surface area contributed by atoms with E-state index in [0.717, 1.165) is 12.1 Å². The highest BCUT2D eigenvalue weighted by Crippen LogP contribution is 2.10. The minimum atomic E-state index is -0.513. The van der Waals surface area contributed by atoms with Gasteiger partial charge < -0.3 is 25.2 Å². The van der Waals surface area contributed by atoms with Crippen LogP contribution in [-0.4, -0.2) is 73.6 Å². The number of guanidine groups is 1. The molecule has 2 N–H and O–H groups in total. The second kappa shape index (κ2) is 12.0. The number of hydrogen-bond acceptors (Lipinski definition) is 4. The molecule has 8 heteroatoms. The van der Waals surface area contributed by atoms with Crippen molar-refractivity contribution in [2.45, 2.75) is 46.8 Å². The number of benzene rings is 1. The lowest BCUT2D eigenvalue weighted by Gasteiger charge is -2.26. The van der Waals surface area contributed by atoms with Crippen LogP contribution in [0.1, 0.15) is 50.5 Å². The first-order valence-corrected chi connectivity index (χ1v) is 10.4. The van der Waals surface area contributed by atoms with Gasteiger partial charge in [-0.2, -0.15) is 0 Å². The second-order valence-electron chi connectivity index (χ2n) is 8.08. The number of amides is 2. The molecule has 1 aromatic rings. The number of ether oxygens (including phenoxy) is 1. The number of rotatable bonds is 8. The van der Waals surface area contributed by atoms with Crippen molar-refractivity contribution in [2.75, 3.05) is 40.3 Å². The summed E-state index contributed by atoms with van der Waals surface area (Å²) in [5, 5.41) is 6.45. The first-order chi connectivity index (χ1) is 14.1. The fourth-order valence-electron chi connectivity index (χ4n) is 2.54. The molecule has 0 heterocycles. The average Bonchev–Trinajstić information content (AvgIpc) is 2.67. The maximum absolute atomic E-state index is 12.2. The minimum Gasteiger partial charge on any atom is -0.444 e. The van der Waals surface area contributed by atoms with Gasteiger partial charge in [-0.25, -0.2) is 9.79 Å². The number of likely N-dealkylation sites (N-methyl/N-ethyl adjacent to an activating group) is 1. The largest absolute Gasteiger partial charge is 0.444 e. The zero-order chi connectivity index (χ0) is 22.7.